The number of benzene rings is 1. The van der Waals surface area contributed by atoms with Gasteiger partial charge in [-0.3, -0.25) is 4.57 Å². The van der Waals surface area contributed by atoms with Gasteiger partial charge in [0.15, 0.2) is 0 Å². The van der Waals surface area contributed by atoms with Gasteiger partial charge >= 0.3 is 12.2 Å². The lowest BCUT2D eigenvalue weighted by Crippen LogP contribution is -2.50. The summed E-state index contributed by atoms with van der Waals surface area (Å²) in [5, 5.41) is 2.10. The molecule has 1 aromatic carbocycles. The van der Waals surface area contributed by atoms with Gasteiger partial charge in [0.25, 0.3) is 0 Å². The molecular weight excluding hydrogens is 447 g/mol. The van der Waals surface area contributed by atoms with Crippen LogP contribution in [0.15, 0.2) is 43.0 Å². The number of piperazine rings is 1. The third-order valence-corrected chi connectivity index (χ3v) is 5.32. The van der Waals surface area contributed by atoms with E-state index in [4.69, 9.17) is 11.6 Å². The van der Waals surface area contributed by atoms with Crippen molar-refractivity contribution in [2.75, 3.05) is 36.4 Å². The van der Waals surface area contributed by atoms with E-state index >= 15 is 0 Å². The quantitative estimate of drug-likeness (QED) is 0.632. The van der Waals surface area contributed by atoms with Crippen LogP contribution in [0.5, 0.6) is 0 Å². The largest absolute Gasteiger partial charge is 0.417 e. The third-order valence-electron chi connectivity index (χ3n) is 4.99. The van der Waals surface area contributed by atoms with Crippen LogP contribution in [-0.4, -0.2) is 56.6 Å². The Labute approximate surface area is 186 Å². The highest BCUT2D eigenvalue weighted by molar-refractivity contribution is 6.31. The molecule has 0 spiro atoms. The number of anilines is 2. The van der Waals surface area contributed by atoms with Gasteiger partial charge in [-0.1, -0.05) is 11.6 Å². The van der Waals surface area contributed by atoms with Crippen molar-refractivity contribution in [2.45, 2.75) is 13.1 Å². The number of aromatic nitrogens is 4. The first kappa shape index (κ1) is 21.9. The molecule has 0 bridgehead atoms. The summed E-state index contributed by atoms with van der Waals surface area (Å²) in [4.78, 5) is 29.1. The number of carbonyl (C=O) groups excluding carboxylic acids is 1. The molecule has 1 saturated heterocycles. The van der Waals surface area contributed by atoms with Gasteiger partial charge in [-0.05, 0) is 25.1 Å². The number of amides is 2. The normalized spacial score (nSPS) is 14.5. The van der Waals surface area contributed by atoms with E-state index in [0.29, 0.717) is 37.8 Å². The lowest BCUT2D eigenvalue weighted by molar-refractivity contribution is -0.137. The van der Waals surface area contributed by atoms with Crippen LogP contribution in [0.25, 0.3) is 5.82 Å². The first-order valence-electron chi connectivity index (χ1n) is 9.72. The van der Waals surface area contributed by atoms with E-state index in [9.17, 15) is 18.0 Å². The Balaban J connectivity index is 1.41. The molecule has 3 heterocycles. The molecule has 0 saturated carbocycles. The predicted molar refractivity (Wildman–Crippen MR) is 113 cm³/mol. The van der Waals surface area contributed by atoms with Crippen LogP contribution in [0.1, 0.15) is 11.4 Å². The van der Waals surface area contributed by atoms with E-state index in [1.54, 1.807) is 35.1 Å². The summed E-state index contributed by atoms with van der Waals surface area (Å²) in [5.41, 5.74) is -0.958. The van der Waals surface area contributed by atoms with Crippen molar-refractivity contribution in [1.29, 1.82) is 0 Å². The second-order valence-electron chi connectivity index (χ2n) is 7.20. The number of hydrogen-bond donors (Lipinski definition) is 1. The maximum Gasteiger partial charge on any atom is 0.417 e. The topological polar surface area (TPSA) is 79.2 Å². The Morgan fingerprint density at radius 1 is 1.09 bits per heavy atom. The lowest BCUT2D eigenvalue weighted by atomic mass is 10.2. The standard InChI is InChI=1S/C20H19ClF3N7O/c1-13-26-17(11-18(27-13)31-5-4-25-12-31)29-6-8-30(9-7-29)19(32)28-14-2-3-16(21)15(10-14)20(22,23)24/h2-5,10-12H,6-9H2,1H3,(H,28,32). The molecular formula is C20H19ClF3N7O. The second kappa shape index (κ2) is 8.65. The third kappa shape index (κ3) is 4.77. The van der Waals surface area contributed by atoms with Crippen LogP contribution in [0.3, 0.4) is 0 Å². The van der Waals surface area contributed by atoms with Crippen molar-refractivity contribution >= 4 is 29.1 Å². The summed E-state index contributed by atoms with van der Waals surface area (Å²) in [6.07, 6.45) is 0.491. The average Bonchev–Trinajstić information content (AvgIpc) is 3.29. The highest BCUT2D eigenvalue weighted by Gasteiger charge is 2.33. The number of rotatable bonds is 3. The van der Waals surface area contributed by atoms with Crippen molar-refractivity contribution in [3.05, 3.63) is 59.4 Å². The smallest absolute Gasteiger partial charge is 0.353 e. The zero-order valence-electron chi connectivity index (χ0n) is 17.0. The highest BCUT2D eigenvalue weighted by atomic mass is 35.5. The van der Waals surface area contributed by atoms with E-state index < -0.39 is 22.8 Å². The molecule has 0 aliphatic carbocycles. The fourth-order valence-corrected chi connectivity index (χ4v) is 3.61. The number of aryl methyl sites for hydroxylation is 1. The summed E-state index contributed by atoms with van der Waals surface area (Å²) in [6, 6.07) is 4.66. The maximum absolute atomic E-state index is 13.0. The summed E-state index contributed by atoms with van der Waals surface area (Å²) in [7, 11) is 0. The fraction of sp³-hybridized carbons (Fsp3) is 0.300. The number of nitrogens with zero attached hydrogens (tertiary/aromatic N) is 6. The number of urea groups is 1. The van der Waals surface area contributed by atoms with Crippen LogP contribution in [-0.2, 0) is 6.18 Å². The molecule has 1 aliphatic rings. The molecule has 32 heavy (non-hydrogen) atoms. The van der Waals surface area contributed by atoms with Gasteiger partial charge in [-0.15, -0.1) is 0 Å². The van der Waals surface area contributed by atoms with Crippen LogP contribution in [0, 0.1) is 6.92 Å². The van der Waals surface area contributed by atoms with E-state index in [0.717, 1.165) is 18.0 Å². The first-order valence-corrected chi connectivity index (χ1v) is 10.1. The Morgan fingerprint density at radius 3 is 2.47 bits per heavy atom. The molecule has 3 aromatic rings. The highest BCUT2D eigenvalue weighted by Crippen LogP contribution is 2.36. The van der Waals surface area contributed by atoms with Gasteiger partial charge in [0.05, 0.1) is 10.6 Å². The number of hydrogen-bond acceptors (Lipinski definition) is 5. The zero-order valence-corrected chi connectivity index (χ0v) is 17.7. The van der Waals surface area contributed by atoms with Gasteiger partial charge in [-0.2, -0.15) is 13.2 Å². The molecule has 12 heteroatoms. The van der Waals surface area contributed by atoms with Crippen molar-refractivity contribution in [2.24, 2.45) is 0 Å². The van der Waals surface area contributed by atoms with Crippen LogP contribution in [0.4, 0.5) is 29.5 Å². The summed E-state index contributed by atoms with van der Waals surface area (Å²) < 4.78 is 40.9. The Morgan fingerprint density at radius 2 is 1.81 bits per heavy atom. The molecule has 2 aromatic heterocycles. The van der Waals surface area contributed by atoms with Gasteiger partial charge in [0, 0.05) is 50.3 Å². The Kier molecular flexibility index (Phi) is 5.92. The minimum Gasteiger partial charge on any atom is -0.353 e. The van der Waals surface area contributed by atoms with Gasteiger partial charge in [0.1, 0.15) is 23.8 Å². The minimum absolute atomic E-state index is 0.0329. The molecule has 2 amide bonds. The van der Waals surface area contributed by atoms with Crippen LogP contribution < -0.4 is 10.2 Å². The molecule has 1 fully saturated rings. The van der Waals surface area contributed by atoms with Gasteiger partial charge in [0.2, 0.25) is 0 Å². The lowest BCUT2D eigenvalue weighted by Gasteiger charge is -2.35. The summed E-state index contributed by atoms with van der Waals surface area (Å²) in [6.45, 7) is 3.60. The summed E-state index contributed by atoms with van der Waals surface area (Å²) in [5.74, 6) is 2.02. The molecule has 1 aliphatic heterocycles. The number of imidazole rings is 1. The van der Waals surface area contributed by atoms with Gasteiger partial charge < -0.3 is 15.1 Å². The van der Waals surface area contributed by atoms with Gasteiger partial charge in [-0.25, -0.2) is 19.7 Å². The minimum atomic E-state index is -4.60. The number of nitrogens with one attached hydrogen (secondary N) is 1. The monoisotopic (exact) mass is 465 g/mol. The van der Waals surface area contributed by atoms with E-state index in [1.165, 1.54) is 6.07 Å². The molecule has 4 rings (SSSR count). The van der Waals surface area contributed by atoms with E-state index in [1.807, 2.05) is 11.0 Å². The van der Waals surface area contributed by atoms with Crippen molar-refractivity contribution in [3.8, 4) is 5.82 Å². The van der Waals surface area contributed by atoms with Crippen LogP contribution in [0.2, 0.25) is 5.02 Å². The summed E-state index contributed by atoms with van der Waals surface area (Å²) >= 11 is 5.63. The van der Waals surface area contributed by atoms with E-state index in [-0.39, 0.29) is 5.69 Å². The van der Waals surface area contributed by atoms with Crippen molar-refractivity contribution < 1.29 is 18.0 Å². The fourth-order valence-electron chi connectivity index (χ4n) is 3.39. The molecule has 0 radical (unpaired) electrons. The van der Waals surface area contributed by atoms with Crippen molar-refractivity contribution in [3.63, 3.8) is 0 Å². The molecule has 168 valence electrons. The molecule has 0 atom stereocenters. The second-order valence-corrected chi connectivity index (χ2v) is 7.61. The number of carbonyl (C=O) groups is 1. The SMILES string of the molecule is Cc1nc(N2CCN(C(=O)Nc3ccc(Cl)c(C(F)(F)F)c3)CC2)cc(-n2ccnc2)n1. The first-order chi connectivity index (χ1) is 15.2. The average molecular weight is 466 g/mol. The van der Waals surface area contributed by atoms with E-state index in [2.05, 4.69) is 20.3 Å². The zero-order chi connectivity index (χ0) is 22.9. The predicted octanol–water partition coefficient (Wildman–Crippen LogP) is 4.00. The molecule has 0 unspecified atom stereocenters. The maximum atomic E-state index is 13.0. The Bertz CT molecular complexity index is 1110. The number of halogens is 4. The Hall–Kier alpha value is -3.34. The number of alkyl halides is 3. The molecule has 1 N–H and O–H groups in total. The molecule has 8 nitrogen and oxygen atoms in total. The van der Waals surface area contributed by atoms with Crippen LogP contribution >= 0.6 is 11.6 Å². The van der Waals surface area contributed by atoms with Crippen molar-refractivity contribution in [1.82, 2.24) is 24.4 Å².